The first-order chi connectivity index (χ1) is 14.0. The molecule has 0 atom stereocenters. The minimum absolute atomic E-state index is 0.135. The number of rotatable bonds is 11. The van der Waals surface area contributed by atoms with Gasteiger partial charge in [0.15, 0.2) is 5.96 Å². The van der Waals surface area contributed by atoms with Gasteiger partial charge in [0.25, 0.3) is 0 Å². The molecule has 2 N–H and O–H groups in total. The molecule has 0 radical (unpaired) electrons. The average Bonchev–Trinajstić information content (AvgIpc) is 3.21. The fourth-order valence-corrected chi connectivity index (χ4v) is 2.23. The van der Waals surface area contributed by atoms with Crippen LogP contribution >= 0.6 is 0 Å². The molecule has 29 heavy (non-hydrogen) atoms. The Morgan fingerprint density at radius 3 is 2.72 bits per heavy atom. The van der Waals surface area contributed by atoms with Crippen LogP contribution in [0.3, 0.4) is 0 Å². The fourth-order valence-electron chi connectivity index (χ4n) is 2.23. The quantitative estimate of drug-likeness (QED) is 0.334. The van der Waals surface area contributed by atoms with Crippen LogP contribution in [0.15, 0.2) is 46.1 Å². The molecule has 160 valence electrons. The summed E-state index contributed by atoms with van der Waals surface area (Å²) >= 11 is 0. The summed E-state index contributed by atoms with van der Waals surface area (Å²) in [6.45, 7) is 4.87. The summed E-state index contributed by atoms with van der Waals surface area (Å²) in [5.74, 6) is 1.55. The van der Waals surface area contributed by atoms with Gasteiger partial charge in [0.05, 0.1) is 18.4 Å². The van der Waals surface area contributed by atoms with Crippen LogP contribution in [0, 0.1) is 0 Å². The summed E-state index contributed by atoms with van der Waals surface area (Å²) in [6.07, 6.45) is -1.30. The van der Waals surface area contributed by atoms with Gasteiger partial charge in [-0.25, -0.2) is 4.98 Å². The van der Waals surface area contributed by atoms with Crippen LogP contribution in [0.1, 0.15) is 24.7 Å². The molecule has 0 aliphatic heterocycles. The van der Waals surface area contributed by atoms with Gasteiger partial charge in [0, 0.05) is 32.0 Å². The first-order valence-electron chi connectivity index (χ1n) is 9.27. The van der Waals surface area contributed by atoms with E-state index < -0.39 is 11.7 Å². The van der Waals surface area contributed by atoms with Crippen LogP contribution in [0.2, 0.25) is 0 Å². The Labute approximate surface area is 167 Å². The number of nitrogens with one attached hydrogen (secondary N) is 2. The topological polar surface area (TPSA) is 80.9 Å². The van der Waals surface area contributed by atoms with Crippen LogP contribution in [0.4, 0.5) is 13.2 Å². The molecule has 0 amide bonds. The summed E-state index contributed by atoms with van der Waals surface area (Å²) in [6, 6.07) is 5.81. The molecule has 0 saturated carbocycles. The van der Waals surface area contributed by atoms with Gasteiger partial charge < -0.3 is 24.5 Å². The van der Waals surface area contributed by atoms with Crippen LogP contribution in [0.5, 0.6) is 5.88 Å². The van der Waals surface area contributed by atoms with Crippen molar-refractivity contribution in [2.45, 2.75) is 26.1 Å². The van der Waals surface area contributed by atoms with Gasteiger partial charge in [-0.3, -0.25) is 4.99 Å². The van der Waals surface area contributed by atoms with Crippen molar-refractivity contribution in [3.63, 3.8) is 0 Å². The van der Waals surface area contributed by atoms with E-state index in [-0.39, 0.29) is 12.5 Å². The third-order valence-electron chi connectivity index (χ3n) is 3.59. The smallest absolute Gasteiger partial charge is 0.417 e. The van der Waals surface area contributed by atoms with Crippen LogP contribution in [-0.2, 0) is 17.5 Å². The van der Waals surface area contributed by atoms with E-state index in [0.717, 1.165) is 24.4 Å². The third-order valence-corrected chi connectivity index (χ3v) is 3.59. The zero-order valence-corrected chi connectivity index (χ0v) is 16.2. The number of hydrogen-bond donors (Lipinski definition) is 2. The SMILES string of the molecule is CCNC(=NCCCOCc1ccco1)NCCOc1ccc(C(F)(F)F)cn1. The fraction of sp³-hybridized carbons (Fsp3) is 0.474. The second kappa shape index (κ2) is 11.9. The molecule has 2 aromatic heterocycles. The Kier molecular flexibility index (Phi) is 9.29. The van der Waals surface area contributed by atoms with E-state index in [2.05, 4.69) is 20.6 Å². The molecule has 2 rings (SSSR count). The summed E-state index contributed by atoms with van der Waals surface area (Å²) in [7, 11) is 0. The second-order valence-corrected chi connectivity index (χ2v) is 5.90. The van der Waals surface area contributed by atoms with Gasteiger partial charge in [-0.15, -0.1) is 0 Å². The summed E-state index contributed by atoms with van der Waals surface area (Å²) < 4.78 is 53.5. The standard InChI is InChI=1S/C19H25F3N4O3/c1-2-23-18(24-8-4-10-27-14-16-5-3-11-28-16)25-9-12-29-17-7-6-15(13-26-17)19(20,21)22/h3,5-7,11,13H,2,4,8-10,12,14H2,1H3,(H2,23,24,25). The minimum Gasteiger partial charge on any atom is -0.476 e. The van der Waals surface area contributed by atoms with Crippen molar-refractivity contribution in [1.29, 1.82) is 0 Å². The van der Waals surface area contributed by atoms with Gasteiger partial charge in [0.1, 0.15) is 19.0 Å². The van der Waals surface area contributed by atoms with Crippen molar-refractivity contribution >= 4 is 5.96 Å². The molecule has 0 unspecified atom stereocenters. The van der Waals surface area contributed by atoms with Gasteiger partial charge in [-0.1, -0.05) is 0 Å². The van der Waals surface area contributed by atoms with Crippen LogP contribution < -0.4 is 15.4 Å². The first-order valence-corrected chi connectivity index (χ1v) is 9.27. The molecule has 0 aromatic carbocycles. The number of hydrogen-bond acceptors (Lipinski definition) is 5. The third kappa shape index (κ3) is 8.86. The zero-order valence-electron chi connectivity index (χ0n) is 16.2. The van der Waals surface area contributed by atoms with E-state index in [1.54, 1.807) is 6.26 Å². The number of pyridine rings is 1. The molecule has 2 aromatic rings. The molecule has 0 aliphatic carbocycles. The van der Waals surface area contributed by atoms with E-state index in [0.29, 0.717) is 38.8 Å². The average molecular weight is 414 g/mol. The Hall–Kier alpha value is -2.75. The van der Waals surface area contributed by atoms with Gasteiger partial charge in [-0.2, -0.15) is 13.2 Å². The van der Waals surface area contributed by atoms with Crippen molar-refractivity contribution in [3.05, 3.63) is 48.0 Å². The number of nitrogens with zero attached hydrogens (tertiary/aromatic N) is 2. The molecule has 0 bridgehead atoms. The Bertz CT molecular complexity index is 719. The maximum atomic E-state index is 12.5. The first kappa shape index (κ1) is 22.5. The summed E-state index contributed by atoms with van der Waals surface area (Å²) in [5, 5.41) is 6.20. The van der Waals surface area contributed by atoms with Gasteiger partial charge in [-0.05, 0) is 31.5 Å². The highest BCUT2D eigenvalue weighted by Gasteiger charge is 2.30. The number of halogens is 3. The number of aromatic nitrogens is 1. The highest BCUT2D eigenvalue weighted by atomic mass is 19.4. The summed E-state index contributed by atoms with van der Waals surface area (Å²) in [4.78, 5) is 8.08. The summed E-state index contributed by atoms with van der Waals surface area (Å²) in [5.41, 5.74) is -0.808. The normalized spacial score (nSPS) is 12.1. The Balaban J connectivity index is 1.62. The van der Waals surface area contributed by atoms with Gasteiger partial charge >= 0.3 is 6.18 Å². The van der Waals surface area contributed by atoms with E-state index in [9.17, 15) is 13.2 Å². The van der Waals surface area contributed by atoms with Crippen LogP contribution in [0.25, 0.3) is 0 Å². The molecular formula is C19H25F3N4O3. The Morgan fingerprint density at radius 1 is 1.21 bits per heavy atom. The van der Waals surface area contributed by atoms with Crippen molar-refractivity contribution in [2.24, 2.45) is 4.99 Å². The zero-order chi connectivity index (χ0) is 21.0. The molecule has 2 heterocycles. The maximum absolute atomic E-state index is 12.5. The number of alkyl halides is 3. The second-order valence-electron chi connectivity index (χ2n) is 5.90. The lowest BCUT2D eigenvalue weighted by Gasteiger charge is -2.12. The lowest BCUT2D eigenvalue weighted by atomic mass is 10.3. The van der Waals surface area contributed by atoms with E-state index in [1.165, 1.54) is 6.07 Å². The number of aliphatic imine (C=N–C) groups is 1. The number of furan rings is 1. The lowest BCUT2D eigenvalue weighted by Crippen LogP contribution is -2.39. The molecule has 0 fully saturated rings. The maximum Gasteiger partial charge on any atom is 0.417 e. The predicted octanol–water partition coefficient (Wildman–Crippen LogP) is 3.23. The molecular weight excluding hydrogens is 389 g/mol. The number of guanidine groups is 1. The van der Waals surface area contributed by atoms with Crippen molar-refractivity contribution in [3.8, 4) is 5.88 Å². The minimum atomic E-state index is -4.41. The molecule has 0 aliphatic rings. The predicted molar refractivity (Wildman–Crippen MR) is 102 cm³/mol. The molecule has 0 saturated heterocycles. The van der Waals surface area contributed by atoms with Gasteiger partial charge in [0.2, 0.25) is 5.88 Å². The van der Waals surface area contributed by atoms with Crippen molar-refractivity contribution in [2.75, 3.05) is 32.8 Å². The van der Waals surface area contributed by atoms with E-state index in [4.69, 9.17) is 13.9 Å². The van der Waals surface area contributed by atoms with Crippen LogP contribution in [-0.4, -0.2) is 43.8 Å². The van der Waals surface area contributed by atoms with E-state index in [1.807, 2.05) is 19.1 Å². The molecule has 7 nitrogen and oxygen atoms in total. The van der Waals surface area contributed by atoms with Crippen molar-refractivity contribution in [1.82, 2.24) is 15.6 Å². The number of ether oxygens (including phenoxy) is 2. The monoisotopic (exact) mass is 414 g/mol. The largest absolute Gasteiger partial charge is 0.476 e. The Morgan fingerprint density at radius 2 is 2.07 bits per heavy atom. The lowest BCUT2D eigenvalue weighted by molar-refractivity contribution is -0.137. The van der Waals surface area contributed by atoms with Crippen molar-refractivity contribution < 1.29 is 27.1 Å². The molecule has 0 spiro atoms. The highest BCUT2D eigenvalue weighted by Crippen LogP contribution is 2.29. The molecule has 10 heteroatoms. The highest BCUT2D eigenvalue weighted by molar-refractivity contribution is 5.79. The van der Waals surface area contributed by atoms with E-state index >= 15 is 0 Å².